The highest BCUT2D eigenvalue weighted by atomic mass is 16.6. The van der Waals surface area contributed by atoms with E-state index in [-0.39, 0.29) is 6.42 Å². The van der Waals surface area contributed by atoms with Gasteiger partial charge in [0.1, 0.15) is 0 Å². The molecule has 1 heterocycles. The van der Waals surface area contributed by atoms with Crippen LogP contribution in [0.1, 0.15) is 5.56 Å². The summed E-state index contributed by atoms with van der Waals surface area (Å²) < 4.78 is 4.96. The first-order chi connectivity index (χ1) is 10.7. The van der Waals surface area contributed by atoms with Gasteiger partial charge in [0.15, 0.2) is 0 Å². The Labute approximate surface area is 128 Å². The minimum Gasteiger partial charge on any atom is -0.376 e. The first kappa shape index (κ1) is 14.5. The number of carbonyl (C=O) groups excluding carboxylic acids is 2. The molecule has 0 aliphatic carbocycles. The second-order valence-corrected chi connectivity index (χ2v) is 5.29. The largest absolute Gasteiger partial charge is 0.417 e. The van der Waals surface area contributed by atoms with Gasteiger partial charge in [-0.25, -0.2) is 4.79 Å². The Kier molecular flexibility index (Phi) is 4.34. The monoisotopic (exact) mass is 298 g/mol. The van der Waals surface area contributed by atoms with Gasteiger partial charge < -0.3 is 15.0 Å². The van der Waals surface area contributed by atoms with Crippen LogP contribution in [-0.4, -0.2) is 43.1 Å². The van der Waals surface area contributed by atoms with E-state index in [1.807, 2.05) is 42.5 Å². The van der Waals surface area contributed by atoms with Gasteiger partial charge in [0.25, 0.3) is 0 Å². The summed E-state index contributed by atoms with van der Waals surface area (Å²) in [6.45, 7) is 2.60. The fourth-order valence-electron chi connectivity index (χ4n) is 2.65. The summed E-state index contributed by atoms with van der Waals surface area (Å²) in [7, 11) is 0. The number of rotatable bonds is 2. The van der Waals surface area contributed by atoms with E-state index in [1.54, 1.807) is 4.90 Å². The molecule has 0 saturated carbocycles. The van der Waals surface area contributed by atoms with E-state index in [0.29, 0.717) is 13.1 Å². The average molecular weight is 298 g/mol. The van der Waals surface area contributed by atoms with Crippen LogP contribution in [0.3, 0.4) is 0 Å². The minimum atomic E-state index is -0.549. The van der Waals surface area contributed by atoms with Crippen LogP contribution in [0.15, 0.2) is 42.5 Å². The van der Waals surface area contributed by atoms with Crippen molar-refractivity contribution in [3.05, 3.63) is 48.0 Å². The molecule has 0 unspecified atom stereocenters. The molecule has 1 saturated heterocycles. The summed E-state index contributed by atoms with van der Waals surface area (Å²) >= 11 is 0. The Hall–Kier alpha value is -2.40. The van der Waals surface area contributed by atoms with E-state index >= 15 is 0 Å². The van der Waals surface area contributed by atoms with E-state index < -0.39 is 12.1 Å². The second-order valence-electron chi connectivity index (χ2n) is 5.29. The van der Waals surface area contributed by atoms with Gasteiger partial charge in [-0.05, 0) is 16.3 Å². The summed E-state index contributed by atoms with van der Waals surface area (Å²) in [5.74, 6) is -0.514. The summed E-state index contributed by atoms with van der Waals surface area (Å²) in [5.41, 5.74) is 0.871. The van der Waals surface area contributed by atoms with Gasteiger partial charge in [0, 0.05) is 26.2 Å². The van der Waals surface area contributed by atoms with Crippen LogP contribution in [0.4, 0.5) is 4.79 Å². The van der Waals surface area contributed by atoms with Gasteiger partial charge in [-0.15, -0.1) is 0 Å². The molecule has 0 atom stereocenters. The zero-order valence-electron chi connectivity index (χ0n) is 12.2. The minimum absolute atomic E-state index is 0.0964. The number of fused-ring (bicyclic) bond motifs is 1. The van der Waals surface area contributed by atoms with Crippen LogP contribution >= 0.6 is 0 Å². The Morgan fingerprint density at radius 2 is 1.77 bits per heavy atom. The number of carbonyl (C=O) groups is 2. The molecule has 0 aromatic heterocycles. The first-order valence-electron chi connectivity index (χ1n) is 7.41. The molecule has 5 nitrogen and oxygen atoms in total. The van der Waals surface area contributed by atoms with Crippen molar-refractivity contribution in [2.24, 2.45) is 0 Å². The zero-order valence-corrected chi connectivity index (χ0v) is 12.2. The SMILES string of the molecule is O=C(Cc1cccc2ccccc12)OC(=O)N1CCNCC1. The summed E-state index contributed by atoms with van der Waals surface area (Å²) in [5, 5.41) is 5.23. The summed E-state index contributed by atoms with van der Waals surface area (Å²) in [4.78, 5) is 25.5. The van der Waals surface area contributed by atoms with Gasteiger partial charge >= 0.3 is 12.1 Å². The van der Waals surface area contributed by atoms with Crippen molar-refractivity contribution in [1.29, 1.82) is 0 Å². The molecule has 1 amide bonds. The van der Waals surface area contributed by atoms with Gasteiger partial charge in [-0.1, -0.05) is 42.5 Å². The van der Waals surface area contributed by atoms with Crippen molar-refractivity contribution in [3.63, 3.8) is 0 Å². The quantitative estimate of drug-likeness (QED) is 0.680. The number of nitrogens with zero attached hydrogens (tertiary/aromatic N) is 1. The lowest BCUT2D eigenvalue weighted by Gasteiger charge is -2.25. The van der Waals surface area contributed by atoms with Crippen molar-refractivity contribution in [1.82, 2.24) is 10.2 Å². The molecule has 0 bridgehead atoms. The molecule has 0 radical (unpaired) electrons. The second kappa shape index (κ2) is 6.58. The highest BCUT2D eigenvalue weighted by molar-refractivity contribution is 5.91. The van der Waals surface area contributed by atoms with Crippen molar-refractivity contribution in [2.75, 3.05) is 26.2 Å². The van der Waals surface area contributed by atoms with Crippen LogP contribution in [0.25, 0.3) is 10.8 Å². The molecular formula is C17H18N2O3. The summed E-state index contributed by atoms with van der Waals surface area (Å²) in [6, 6.07) is 13.6. The van der Waals surface area contributed by atoms with Gasteiger partial charge in [-0.2, -0.15) is 0 Å². The number of hydrogen-bond acceptors (Lipinski definition) is 4. The highest BCUT2D eigenvalue weighted by Gasteiger charge is 2.20. The van der Waals surface area contributed by atoms with E-state index in [9.17, 15) is 9.59 Å². The van der Waals surface area contributed by atoms with Crippen LogP contribution in [0.5, 0.6) is 0 Å². The van der Waals surface area contributed by atoms with Gasteiger partial charge in [0.05, 0.1) is 6.42 Å². The van der Waals surface area contributed by atoms with Crippen LogP contribution in [0.2, 0.25) is 0 Å². The lowest BCUT2D eigenvalue weighted by Crippen LogP contribution is -2.47. The van der Waals surface area contributed by atoms with Gasteiger partial charge in [0.2, 0.25) is 0 Å². The molecule has 2 aromatic rings. The fraction of sp³-hybridized carbons (Fsp3) is 0.294. The van der Waals surface area contributed by atoms with E-state index in [1.165, 1.54) is 0 Å². The number of amides is 1. The lowest BCUT2D eigenvalue weighted by atomic mass is 10.0. The standard InChI is InChI=1S/C17H18N2O3/c20-16(22-17(21)19-10-8-18-9-11-19)12-14-6-3-5-13-4-1-2-7-15(13)14/h1-7,18H,8-12H2. The normalized spacial score (nSPS) is 14.8. The third-order valence-corrected chi connectivity index (χ3v) is 3.79. The van der Waals surface area contributed by atoms with E-state index in [4.69, 9.17) is 4.74 Å². The van der Waals surface area contributed by atoms with E-state index in [0.717, 1.165) is 29.4 Å². The van der Waals surface area contributed by atoms with Crippen molar-refractivity contribution in [2.45, 2.75) is 6.42 Å². The maximum absolute atomic E-state index is 12.0. The number of piperazine rings is 1. The third-order valence-electron chi connectivity index (χ3n) is 3.79. The molecule has 1 aliphatic rings. The van der Waals surface area contributed by atoms with E-state index in [2.05, 4.69) is 5.32 Å². The maximum atomic E-state index is 12.0. The molecule has 3 rings (SSSR count). The molecule has 1 N–H and O–H groups in total. The van der Waals surface area contributed by atoms with Crippen LogP contribution in [-0.2, 0) is 16.0 Å². The third kappa shape index (κ3) is 3.26. The highest BCUT2D eigenvalue weighted by Crippen LogP contribution is 2.19. The number of esters is 1. The smallest absolute Gasteiger partial charge is 0.376 e. The Morgan fingerprint density at radius 3 is 2.59 bits per heavy atom. The molecule has 114 valence electrons. The number of hydrogen-bond donors (Lipinski definition) is 1. The first-order valence-corrected chi connectivity index (χ1v) is 7.41. The molecule has 22 heavy (non-hydrogen) atoms. The molecule has 0 spiro atoms. The predicted molar refractivity (Wildman–Crippen MR) is 83.6 cm³/mol. The maximum Gasteiger partial charge on any atom is 0.417 e. The molecular weight excluding hydrogens is 280 g/mol. The number of nitrogens with one attached hydrogen (secondary N) is 1. The summed E-state index contributed by atoms with van der Waals surface area (Å²) in [6.07, 6.45) is -0.453. The van der Waals surface area contributed by atoms with Crippen molar-refractivity contribution >= 4 is 22.8 Å². The molecule has 5 heteroatoms. The Balaban J connectivity index is 1.67. The van der Waals surface area contributed by atoms with Crippen LogP contribution < -0.4 is 5.32 Å². The average Bonchev–Trinajstić information content (AvgIpc) is 2.56. The van der Waals surface area contributed by atoms with Gasteiger partial charge in [-0.3, -0.25) is 4.79 Å². The van der Waals surface area contributed by atoms with Crippen molar-refractivity contribution < 1.29 is 14.3 Å². The van der Waals surface area contributed by atoms with Crippen LogP contribution in [0, 0.1) is 0 Å². The molecule has 2 aromatic carbocycles. The Morgan fingerprint density at radius 1 is 1.05 bits per heavy atom. The lowest BCUT2D eigenvalue weighted by molar-refractivity contribution is -0.137. The predicted octanol–water partition coefficient (Wildman–Crippen LogP) is 1.95. The van der Waals surface area contributed by atoms with Crippen molar-refractivity contribution in [3.8, 4) is 0 Å². The topological polar surface area (TPSA) is 58.6 Å². The zero-order chi connectivity index (χ0) is 15.4. The number of ether oxygens (including phenoxy) is 1. The number of benzene rings is 2. The molecule has 1 aliphatic heterocycles. The fourth-order valence-corrected chi connectivity index (χ4v) is 2.65. The molecule has 1 fully saturated rings. The Bertz CT molecular complexity index is 688.